The van der Waals surface area contributed by atoms with E-state index in [9.17, 15) is 0 Å². The third kappa shape index (κ3) is 1.46. The van der Waals surface area contributed by atoms with Crippen molar-refractivity contribution in [2.45, 2.75) is 56.7 Å². The molecule has 0 aliphatic carbocycles. The molecule has 4 rings (SSSR count). The van der Waals surface area contributed by atoms with Crippen LogP contribution in [0.1, 0.15) is 44.1 Å². The fraction of sp³-hybridized carbons (Fsp3) is 0.600. The summed E-state index contributed by atoms with van der Waals surface area (Å²) in [7, 11) is 0. The number of hydrogen-bond acceptors (Lipinski definition) is 2. The van der Waals surface area contributed by atoms with Crippen molar-refractivity contribution >= 4 is 12.1 Å². The fourth-order valence-electron chi connectivity index (χ4n) is 4.98. The first-order valence-electron chi connectivity index (χ1n) is 7.66. The molecule has 2 saturated heterocycles. The van der Waals surface area contributed by atoms with E-state index in [1.807, 2.05) is 0 Å². The first-order chi connectivity index (χ1) is 8.88. The SMILES string of the molecule is c1ccc2c(c1)CN[B-]1(N2)C2CCCC1CCC2. The molecule has 0 atom stereocenters. The molecule has 3 aliphatic rings. The first kappa shape index (κ1) is 10.9. The molecular weight excluding hydrogens is 219 g/mol. The zero-order valence-corrected chi connectivity index (χ0v) is 11.0. The van der Waals surface area contributed by atoms with Crippen LogP contribution in [0.2, 0.25) is 11.6 Å². The van der Waals surface area contributed by atoms with E-state index in [2.05, 4.69) is 34.7 Å². The van der Waals surface area contributed by atoms with E-state index in [0.29, 0.717) is 0 Å². The van der Waals surface area contributed by atoms with Crippen molar-refractivity contribution in [3.05, 3.63) is 29.8 Å². The van der Waals surface area contributed by atoms with Gasteiger partial charge in [0.2, 0.25) is 0 Å². The summed E-state index contributed by atoms with van der Waals surface area (Å²) in [5, 5.41) is 7.91. The van der Waals surface area contributed by atoms with Crippen molar-refractivity contribution in [3.63, 3.8) is 0 Å². The molecule has 0 radical (unpaired) electrons. The Morgan fingerprint density at radius 3 is 2.33 bits per heavy atom. The standard InChI is InChI=1S/C15H22BN2/c1-2-10-15-12(5-1)11-17-16(18-15)13-6-3-7-14(16)9-4-8-13/h1-2,5,10,13-14,17-18H,3-4,6-9,11H2/q-1. The van der Waals surface area contributed by atoms with E-state index in [0.717, 1.165) is 18.2 Å². The lowest BCUT2D eigenvalue weighted by molar-refractivity contribution is 0.419. The smallest absolute Gasteiger partial charge is 0.156 e. The maximum atomic E-state index is 3.97. The second-order valence-electron chi connectivity index (χ2n) is 6.57. The number of fused-ring (bicyclic) bond motifs is 1. The van der Waals surface area contributed by atoms with Gasteiger partial charge in [0.1, 0.15) is 0 Å². The summed E-state index contributed by atoms with van der Waals surface area (Å²) >= 11 is 0. The van der Waals surface area contributed by atoms with Gasteiger partial charge < -0.3 is 10.5 Å². The summed E-state index contributed by atoms with van der Waals surface area (Å²) in [5.41, 5.74) is 2.84. The lowest BCUT2D eigenvalue weighted by Crippen LogP contribution is -2.68. The second-order valence-corrected chi connectivity index (χ2v) is 6.57. The maximum absolute atomic E-state index is 3.97. The number of anilines is 1. The van der Waals surface area contributed by atoms with Crippen LogP contribution in [0.5, 0.6) is 0 Å². The molecule has 2 bridgehead atoms. The van der Waals surface area contributed by atoms with Gasteiger partial charge in [-0.3, -0.25) is 0 Å². The van der Waals surface area contributed by atoms with E-state index in [1.165, 1.54) is 49.8 Å². The number of benzene rings is 1. The van der Waals surface area contributed by atoms with Crippen LogP contribution in [0, 0.1) is 0 Å². The Labute approximate surface area is 110 Å². The minimum absolute atomic E-state index is 0.543. The van der Waals surface area contributed by atoms with Gasteiger partial charge in [-0.25, -0.2) is 0 Å². The zero-order chi connectivity index (χ0) is 12.0. The van der Waals surface area contributed by atoms with E-state index >= 15 is 0 Å². The highest BCUT2D eigenvalue weighted by Crippen LogP contribution is 2.52. The number of hydrogen-bond donors (Lipinski definition) is 2. The third-order valence-electron chi connectivity index (χ3n) is 5.83. The number of nitrogens with one attached hydrogen (secondary N) is 2. The van der Waals surface area contributed by atoms with Crippen LogP contribution in [-0.4, -0.2) is 6.42 Å². The molecule has 1 aromatic carbocycles. The van der Waals surface area contributed by atoms with Crippen LogP contribution in [0.15, 0.2) is 24.3 Å². The van der Waals surface area contributed by atoms with Gasteiger partial charge in [0.05, 0.1) is 0 Å². The van der Waals surface area contributed by atoms with Gasteiger partial charge in [-0.1, -0.05) is 56.7 Å². The van der Waals surface area contributed by atoms with E-state index in [-0.39, 0.29) is 0 Å². The lowest BCUT2D eigenvalue weighted by Gasteiger charge is -2.62. The second kappa shape index (κ2) is 4.02. The third-order valence-corrected chi connectivity index (χ3v) is 5.83. The highest BCUT2D eigenvalue weighted by molar-refractivity contribution is 6.83. The molecule has 2 N–H and O–H groups in total. The molecule has 0 saturated carbocycles. The summed E-state index contributed by atoms with van der Waals surface area (Å²) in [6, 6.07) is 8.83. The summed E-state index contributed by atoms with van der Waals surface area (Å²) in [6.07, 6.45) is 8.07. The average molecular weight is 241 g/mol. The van der Waals surface area contributed by atoms with Crippen LogP contribution < -0.4 is 10.5 Å². The van der Waals surface area contributed by atoms with Gasteiger partial charge in [-0.05, 0) is 23.9 Å². The summed E-state index contributed by atoms with van der Waals surface area (Å²) in [5.74, 6) is 1.79. The van der Waals surface area contributed by atoms with Crippen LogP contribution >= 0.6 is 0 Å². The predicted molar refractivity (Wildman–Crippen MR) is 77.9 cm³/mol. The Bertz CT molecular complexity index is 438. The predicted octanol–water partition coefficient (Wildman–Crippen LogP) is 3.75. The Morgan fingerprint density at radius 1 is 0.944 bits per heavy atom. The van der Waals surface area contributed by atoms with Crippen LogP contribution in [0.4, 0.5) is 5.69 Å². The highest BCUT2D eigenvalue weighted by Gasteiger charge is 2.45. The number of rotatable bonds is 0. The van der Waals surface area contributed by atoms with Crippen molar-refractivity contribution in [1.82, 2.24) is 5.23 Å². The molecule has 2 nitrogen and oxygen atoms in total. The Morgan fingerprint density at radius 2 is 1.61 bits per heavy atom. The molecule has 0 aromatic heterocycles. The summed E-state index contributed by atoms with van der Waals surface area (Å²) in [6.45, 7) is 1.07. The Balaban J connectivity index is 1.72. The molecule has 1 aromatic rings. The normalized spacial score (nSPS) is 38.0. The van der Waals surface area contributed by atoms with Crippen molar-refractivity contribution in [2.75, 3.05) is 5.23 Å². The minimum Gasteiger partial charge on any atom is -0.545 e. The van der Waals surface area contributed by atoms with E-state index in [4.69, 9.17) is 0 Å². The van der Waals surface area contributed by atoms with Gasteiger partial charge in [-0.2, -0.15) is 0 Å². The quantitative estimate of drug-likeness (QED) is 0.676. The average Bonchev–Trinajstić information content (AvgIpc) is 2.38. The van der Waals surface area contributed by atoms with Gasteiger partial charge >= 0.3 is 0 Å². The molecule has 0 unspecified atom stereocenters. The molecule has 2 fully saturated rings. The van der Waals surface area contributed by atoms with Crippen LogP contribution in [0.3, 0.4) is 0 Å². The van der Waals surface area contributed by atoms with Gasteiger partial charge in [0, 0.05) is 0 Å². The minimum atomic E-state index is -0.543. The van der Waals surface area contributed by atoms with E-state index in [1.54, 1.807) is 0 Å². The topological polar surface area (TPSA) is 24.1 Å². The van der Waals surface area contributed by atoms with Gasteiger partial charge in [0.25, 0.3) is 0 Å². The molecule has 18 heavy (non-hydrogen) atoms. The zero-order valence-electron chi connectivity index (χ0n) is 11.0. The highest BCUT2D eigenvalue weighted by atomic mass is 15.0. The van der Waals surface area contributed by atoms with Crippen LogP contribution in [-0.2, 0) is 6.54 Å². The molecule has 3 heteroatoms. The molecular formula is C15H22BN2-. The monoisotopic (exact) mass is 241 g/mol. The molecule has 96 valence electrons. The molecule has 1 spiro atoms. The Hall–Kier alpha value is -0.955. The van der Waals surface area contributed by atoms with Gasteiger partial charge in [0.15, 0.2) is 6.42 Å². The van der Waals surface area contributed by atoms with E-state index < -0.39 is 6.42 Å². The lowest BCUT2D eigenvalue weighted by atomic mass is 9.24. The number of para-hydroxylation sites is 1. The maximum Gasteiger partial charge on any atom is 0.156 e. The summed E-state index contributed by atoms with van der Waals surface area (Å²) < 4.78 is 0. The molecule has 3 aliphatic heterocycles. The summed E-state index contributed by atoms with van der Waals surface area (Å²) in [4.78, 5) is 0. The fourth-order valence-corrected chi connectivity index (χ4v) is 4.98. The van der Waals surface area contributed by atoms with Crippen molar-refractivity contribution in [2.24, 2.45) is 0 Å². The largest absolute Gasteiger partial charge is 0.545 e. The Kier molecular flexibility index (Phi) is 2.44. The molecule has 0 amide bonds. The van der Waals surface area contributed by atoms with Crippen LogP contribution in [0.25, 0.3) is 0 Å². The van der Waals surface area contributed by atoms with Crippen molar-refractivity contribution < 1.29 is 0 Å². The molecule has 3 heterocycles. The van der Waals surface area contributed by atoms with Crippen molar-refractivity contribution in [1.29, 1.82) is 0 Å². The van der Waals surface area contributed by atoms with Gasteiger partial charge in [-0.15, -0.1) is 11.6 Å². The van der Waals surface area contributed by atoms with Crippen molar-refractivity contribution in [3.8, 4) is 0 Å². The first-order valence-corrected chi connectivity index (χ1v) is 7.66.